The van der Waals surface area contributed by atoms with Crippen LogP contribution in [0.15, 0.2) is 35.1 Å². The Hall–Kier alpha value is -2.28. The van der Waals surface area contributed by atoms with Gasteiger partial charge < -0.3 is 9.15 Å². The Labute approximate surface area is 93.1 Å². The zero-order chi connectivity index (χ0) is 11.4. The number of pyridine rings is 1. The molecule has 0 aliphatic rings. The molecule has 0 spiro atoms. The van der Waals surface area contributed by atoms with Gasteiger partial charge in [0.15, 0.2) is 0 Å². The van der Waals surface area contributed by atoms with Crippen molar-refractivity contribution in [3.8, 4) is 23.3 Å². The minimum absolute atomic E-state index is 0.346. The van der Waals surface area contributed by atoms with Crippen molar-refractivity contribution in [1.29, 1.82) is 5.26 Å². The number of hydrogen-bond donors (Lipinski definition) is 0. The lowest BCUT2D eigenvalue weighted by molar-refractivity contribution is 0.326. The average Bonchev–Trinajstić information content (AvgIpc) is 2.82. The summed E-state index contributed by atoms with van der Waals surface area (Å²) in [7, 11) is 0. The van der Waals surface area contributed by atoms with E-state index in [9.17, 15) is 0 Å². The minimum Gasteiger partial charge on any atom is -0.477 e. The topological polar surface area (TPSA) is 59.1 Å². The van der Waals surface area contributed by atoms with E-state index in [2.05, 4.69) is 11.1 Å². The third kappa shape index (κ3) is 1.75. The van der Waals surface area contributed by atoms with Gasteiger partial charge in [-0.15, -0.1) is 0 Å². The Balaban J connectivity index is 2.54. The molecular weight excluding hydrogens is 204 g/mol. The molecule has 0 saturated heterocycles. The zero-order valence-electron chi connectivity index (χ0n) is 8.80. The van der Waals surface area contributed by atoms with E-state index in [1.165, 1.54) is 0 Å². The number of ether oxygens (including phenoxy) is 1. The van der Waals surface area contributed by atoms with Crippen molar-refractivity contribution in [3.05, 3.63) is 36.2 Å². The van der Waals surface area contributed by atoms with Gasteiger partial charge in [0.05, 0.1) is 12.9 Å². The fourth-order valence-electron chi connectivity index (χ4n) is 1.43. The summed E-state index contributed by atoms with van der Waals surface area (Å²) in [6, 6.07) is 7.40. The lowest BCUT2D eigenvalue weighted by Crippen LogP contribution is -1.98. The van der Waals surface area contributed by atoms with Crippen molar-refractivity contribution in [3.63, 3.8) is 0 Å². The maximum atomic E-state index is 9.11. The second-order valence-corrected chi connectivity index (χ2v) is 3.06. The second kappa shape index (κ2) is 4.49. The maximum Gasteiger partial charge on any atom is 0.232 e. The van der Waals surface area contributed by atoms with Crippen LogP contribution in [0.4, 0.5) is 0 Å². The molecule has 2 heterocycles. The van der Waals surface area contributed by atoms with Gasteiger partial charge in [-0.05, 0) is 25.1 Å². The SMILES string of the molecule is CCOc1nccc(-c2ccco2)c1C#N. The van der Waals surface area contributed by atoms with Gasteiger partial charge in [-0.2, -0.15) is 5.26 Å². The van der Waals surface area contributed by atoms with Gasteiger partial charge in [-0.3, -0.25) is 0 Å². The third-order valence-electron chi connectivity index (χ3n) is 2.10. The smallest absolute Gasteiger partial charge is 0.232 e. The largest absolute Gasteiger partial charge is 0.477 e. The van der Waals surface area contributed by atoms with Crippen LogP contribution in [0.2, 0.25) is 0 Å². The molecule has 2 rings (SSSR count). The summed E-state index contributed by atoms with van der Waals surface area (Å²) in [6.45, 7) is 2.33. The molecule has 0 amide bonds. The maximum absolute atomic E-state index is 9.11. The summed E-state index contributed by atoms with van der Waals surface area (Å²) in [6.07, 6.45) is 3.17. The Morgan fingerprint density at radius 3 is 3.00 bits per heavy atom. The van der Waals surface area contributed by atoms with Crippen LogP contribution >= 0.6 is 0 Å². The van der Waals surface area contributed by atoms with Crippen LogP contribution in [0.5, 0.6) is 5.88 Å². The fourth-order valence-corrected chi connectivity index (χ4v) is 1.43. The molecule has 4 heteroatoms. The molecule has 0 atom stereocenters. The Bertz CT molecular complexity index is 512. The van der Waals surface area contributed by atoms with Crippen LogP contribution in [0.3, 0.4) is 0 Å². The number of hydrogen-bond acceptors (Lipinski definition) is 4. The normalized spacial score (nSPS) is 9.75. The van der Waals surface area contributed by atoms with E-state index in [0.717, 1.165) is 0 Å². The Kier molecular flexibility index (Phi) is 2.88. The molecule has 0 saturated carbocycles. The van der Waals surface area contributed by atoms with Crippen molar-refractivity contribution >= 4 is 0 Å². The molecule has 0 bridgehead atoms. The Morgan fingerprint density at radius 1 is 1.50 bits per heavy atom. The molecule has 0 N–H and O–H groups in total. The zero-order valence-corrected chi connectivity index (χ0v) is 8.80. The number of nitrogens with zero attached hydrogens (tertiary/aromatic N) is 2. The summed E-state index contributed by atoms with van der Waals surface area (Å²) in [5, 5.41) is 9.11. The predicted octanol–water partition coefficient (Wildman–Crippen LogP) is 2.61. The number of furan rings is 1. The van der Waals surface area contributed by atoms with Crippen LogP contribution in [0, 0.1) is 11.3 Å². The van der Waals surface area contributed by atoms with Gasteiger partial charge in [0, 0.05) is 11.8 Å². The number of nitriles is 1. The fraction of sp³-hybridized carbons (Fsp3) is 0.167. The summed E-state index contributed by atoms with van der Waals surface area (Å²) < 4.78 is 10.6. The molecule has 80 valence electrons. The average molecular weight is 214 g/mol. The van der Waals surface area contributed by atoms with Crippen LogP contribution in [0.1, 0.15) is 12.5 Å². The lowest BCUT2D eigenvalue weighted by Gasteiger charge is -2.06. The predicted molar refractivity (Wildman–Crippen MR) is 57.8 cm³/mol. The monoisotopic (exact) mass is 214 g/mol. The first-order valence-corrected chi connectivity index (χ1v) is 4.92. The number of aromatic nitrogens is 1. The quantitative estimate of drug-likeness (QED) is 0.787. The van der Waals surface area contributed by atoms with E-state index < -0.39 is 0 Å². The summed E-state index contributed by atoms with van der Waals surface area (Å²) in [5.41, 5.74) is 1.10. The first-order valence-electron chi connectivity index (χ1n) is 4.92. The summed E-state index contributed by atoms with van der Waals surface area (Å²) >= 11 is 0. The van der Waals surface area contributed by atoms with Crippen LogP contribution < -0.4 is 4.74 Å². The molecule has 0 aliphatic heterocycles. The second-order valence-electron chi connectivity index (χ2n) is 3.06. The van der Waals surface area contributed by atoms with E-state index in [-0.39, 0.29) is 0 Å². The Morgan fingerprint density at radius 2 is 2.38 bits per heavy atom. The van der Waals surface area contributed by atoms with E-state index in [4.69, 9.17) is 14.4 Å². The molecule has 0 radical (unpaired) electrons. The van der Waals surface area contributed by atoms with Crippen LogP contribution in [-0.4, -0.2) is 11.6 Å². The van der Waals surface area contributed by atoms with Crippen LogP contribution in [0.25, 0.3) is 11.3 Å². The molecule has 0 unspecified atom stereocenters. The first-order chi connectivity index (χ1) is 7.86. The van der Waals surface area contributed by atoms with Crippen molar-refractivity contribution in [1.82, 2.24) is 4.98 Å². The van der Waals surface area contributed by atoms with E-state index >= 15 is 0 Å². The van der Waals surface area contributed by atoms with E-state index in [1.807, 2.05) is 6.92 Å². The number of rotatable bonds is 3. The van der Waals surface area contributed by atoms with Crippen molar-refractivity contribution in [2.75, 3.05) is 6.61 Å². The van der Waals surface area contributed by atoms with Crippen molar-refractivity contribution in [2.24, 2.45) is 0 Å². The van der Waals surface area contributed by atoms with Crippen LogP contribution in [-0.2, 0) is 0 Å². The molecule has 2 aromatic rings. The highest BCUT2D eigenvalue weighted by molar-refractivity contribution is 5.68. The highest BCUT2D eigenvalue weighted by Crippen LogP contribution is 2.28. The van der Waals surface area contributed by atoms with Gasteiger partial charge in [0.1, 0.15) is 17.4 Å². The van der Waals surface area contributed by atoms with E-state index in [1.54, 1.807) is 30.7 Å². The molecule has 2 aromatic heterocycles. The molecule has 0 aliphatic carbocycles. The molecule has 4 nitrogen and oxygen atoms in total. The molecule has 0 aromatic carbocycles. The van der Waals surface area contributed by atoms with Gasteiger partial charge >= 0.3 is 0 Å². The van der Waals surface area contributed by atoms with Gasteiger partial charge in [-0.25, -0.2) is 4.98 Å². The molecule has 0 fully saturated rings. The standard InChI is InChI=1S/C12H10N2O2/c1-2-15-12-10(8-13)9(5-6-14-12)11-4-3-7-16-11/h3-7H,2H2,1H3. The third-order valence-corrected chi connectivity index (χ3v) is 2.10. The highest BCUT2D eigenvalue weighted by atomic mass is 16.5. The summed E-state index contributed by atoms with van der Waals surface area (Å²) in [4.78, 5) is 4.02. The van der Waals surface area contributed by atoms with Crippen molar-refractivity contribution < 1.29 is 9.15 Å². The van der Waals surface area contributed by atoms with Crippen molar-refractivity contribution in [2.45, 2.75) is 6.92 Å². The highest BCUT2D eigenvalue weighted by Gasteiger charge is 2.13. The van der Waals surface area contributed by atoms with Gasteiger partial charge in [-0.1, -0.05) is 0 Å². The van der Waals surface area contributed by atoms with E-state index in [0.29, 0.717) is 29.4 Å². The molecule has 16 heavy (non-hydrogen) atoms. The van der Waals surface area contributed by atoms with Gasteiger partial charge in [0.2, 0.25) is 5.88 Å². The first kappa shape index (κ1) is 10.2. The molecular formula is C12H10N2O2. The lowest BCUT2D eigenvalue weighted by atomic mass is 10.1. The minimum atomic E-state index is 0.346. The summed E-state index contributed by atoms with van der Waals surface area (Å²) in [5.74, 6) is 0.985. The van der Waals surface area contributed by atoms with Gasteiger partial charge in [0.25, 0.3) is 0 Å².